The molecule has 1 N–H and O–H groups in total. The molecule has 0 saturated heterocycles. The smallest absolute Gasteiger partial charge is 0.00438 e. The number of thioether (sulfide) groups is 1. The van der Waals surface area contributed by atoms with Crippen LogP contribution in [0.15, 0.2) is 0 Å². The molecule has 0 aliphatic carbocycles. The predicted octanol–water partition coefficient (Wildman–Crippen LogP) is 3.16. The van der Waals surface area contributed by atoms with Crippen molar-refractivity contribution >= 4 is 11.8 Å². The highest BCUT2D eigenvalue weighted by Gasteiger charge is 2.15. The van der Waals surface area contributed by atoms with Gasteiger partial charge in [-0.25, -0.2) is 0 Å². The van der Waals surface area contributed by atoms with Gasteiger partial charge in [0.2, 0.25) is 0 Å². The standard InChI is InChI=1S/C11H25NS/c1-5-8-12-9-6-11(2,3)7-10-13-4/h12H,5-10H2,1-4H3. The summed E-state index contributed by atoms with van der Waals surface area (Å²) < 4.78 is 0. The zero-order chi connectivity index (χ0) is 10.2. The van der Waals surface area contributed by atoms with Crippen LogP contribution < -0.4 is 5.32 Å². The third-order valence-corrected chi connectivity index (χ3v) is 3.00. The first kappa shape index (κ1) is 13.3. The molecular weight excluding hydrogens is 178 g/mol. The number of hydrogen-bond acceptors (Lipinski definition) is 2. The Balaban J connectivity index is 3.39. The average Bonchev–Trinajstić information content (AvgIpc) is 2.09. The van der Waals surface area contributed by atoms with Crippen molar-refractivity contribution in [2.75, 3.05) is 25.1 Å². The lowest BCUT2D eigenvalue weighted by Crippen LogP contribution is -2.23. The van der Waals surface area contributed by atoms with E-state index < -0.39 is 0 Å². The third-order valence-electron chi connectivity index (χ3n) is 2.39. The van der Waals surface area contributed by atoms with E-state index >= 15 is 0 Å². The summed E-state index contributed by atoms with van der Waals surface area (Å²) in [4.78, 5) is 0. The fraction of sp³-hybridized carbons (Fsp3) is 1.00. The molecule has 0 aromatic heterocycles. The van der Waals surface area contributed by atoms with Crippen LogP contribution in [-0.4, -0.2) is 25.1 Å². The predicted molar refractivity (Wildman–Crippen MR) is 64.6 cm³/mol. The van der Waals surface area contributed by atoms with E-state index in [0.717, 1.165) is 0 Å². The maximum Gasteiger partial charge on any atom is -0.00438 e. The van der Waals surface area contributed by atoms with Crippen molar-refractivity contribution in [2.45, 2.75) is 40.0 Å². The van der Waals surface area contributed by atoms with Gasteiger partial charge in [0.1, 0.15) is 0 Å². The fourth-order valence-corrected chi connectivity index (χ4v) is 1.99. The first-order valence-electron chi connectivity index (χ1n) is 5.32. The quantitative estimate of drug-likeness (QED) is 0.608. The molecule has 0 fully saturated rings. The molecule has 0 spiro atoms. The van der Waals surface area contributed by atoms with Crippen LogP contribution in [0.3, 0.4) is 0 Å². The number of nitrogens with one attached hydrogen (secondary N) is 1. The van der Waals surface area contributed by atoms with Gasteiger partial charge in [0.05, 0.1) is 0 Å². The Morgan fingerprint density at radius 2 is 1.85 bits per heavy atom. The fourth-order valence-electron chi connectivity index (χ4n) is 1.23. The van der Waals surface area contributed by atoms with Crippen LogP contribution in [-0.2, 0) is 0 Å². The summed E-state index contributed by atoms with van der Waals surface area (Å²) in [6.45, 7) is 9.30. The minimum absolute atomic E-state index is 0.518. The van der Waals surface area contributed by atoms with E-state index in [1.807, 2.05) is 11.8 Å². The van der Waals surface area contributed by atoms with Crippen molar-refractivity contribution in [3.05, 3.63) is 0 Å². The maximum atomic E-state index is 3.46. The summed E-state index contributed by atoms with van der Waals surface area (Å²) in [6, 6.07) is 0. The Labute approximate surface area is 88.1 Å². The number of hydrogen-bond donors (Lipinski definition) is 1. The van der Waals surface area contributed by atoms with Crippen LogP contribution in [0.5, 0.6) is 0 Å². The van der Waals surface area contributed by atoms with Gasteiger partial charge in [-0.3, -0.25) is 0 Å². The highest BCUT2D eigenvalue weighted by atomic mass is 32.2. The molecule has 0 unspecified atom stereocenters. The molecule has 0 rings (SSSR count). The van der Waals surface area contributed by atoms with E-state index in [4.69, 9.17) is 0 Å². The summed E-state index contributed by atoms with van der Waals surface area (Å²) in [7, 11) is 0. The molecule has 0 heterocycles. The van der Waals surface area contributed by atoms with Crippen molar-refractivity contribution < 1.29 is 0 Å². The highest BCUT2D eigenvalue weighted by molar-refractivity contribution is 7.98. The molecule has 0 bridgehead atoms. The summed E-state index contributed by atoms with van der Waals surface area (Å²) in [5.74, 6) is 1.29. The highest BCUT2D eigenvalue weighted by Crippen LogP contribution is 2.25. The van der Waals surface area contributed by atoms with E-state index in [1.54, 1.807) is 0 Å². The van der Waals surface area contributed by atoms with Crippen LogP contribution >= 0.6 is 11.8 Å². The van der Waals surface area contributed by atoms with E-state index in [0.29, 0.717) is 5.41 Å². The first-order valence-corrected chi connectivity index (χ1v) is 6.71. The molecule has 2 heteroatoms. The van der Waals surface area contributed by atoms with Crippen LogP contribution in [0.1, 0.15) is 40.0 Å². The van der Waals surface area contributed by atoms with Crippen LogP contribution in [0.4, 0.5) is 0 Å². The zero-order valence-corrected chi connectivity index (χ0v) is 10.5. The van der Waals surface area contributed by atoms with E-state index in [9.17, 15) is 0 Å². The molecule has 0 aromatic carbocycles. The number of rotatable bonds is 8. The van der Waals surface area contributed by atoms with Crippen molar-refractivity contribution in [1.29, 1.82) is 0 Å². The minimum atomic E-state index is 0.518. The molecule has 0 aromatic rings. The topological polar surface area (TPSA) is 12.0 Å². The van der Waals surface area contributed by atoms with Crippen LogP contribution in [0.25, 0.3) is 0 Å². The van der Waals surface area contributed by atoms with E-state index in [2.05, 4.69) is 32.3 Å². The molecular formula is C11H25NS. The molecule has 13 heavy (non-hydrogen) atoms. The lowest BCUT2D eigenvalue weighted by molar-refractivity contribution is 0.319. The van der Waals surface area contributed by atoms with Crippen molar-refractivity contribution in [3.63, 3.8) is 0 Å². The SMILES string of the molecule is CCCNCCC(C)(C)CCSC. The second-order valence-electron chi connectivity index (χ2n) is 4.41. The second-order valence-corrected chi connectivity index (χ2v) is 5.39. The van der Waals surface area contributed by atoms with Crippen LogP contribution in [0, 0.1) is 5.41 Å². The van der Waals surface area contributed by atoms with Crippen LogP contribution in [0.2, 0.25) is 0 Å². The van der Waals surface area contributed by atoms with Gasteiger partial charge in [-0.1, -0.05) is 20.8 Å². The third kappa shape index (κ3) is 8.63. The largest absolute Gasteiger partial charge is 0.317 e. The zero-order valence-electron chi connectivity index (χ0n) is 9.65. The monoisotopic (exact) mass is 203 g/mol. The molecule has 0 aliphatic heterocycles. The summed E-state index contributed by atoms with van der Waals surface area (Å²) in [5.41, 5.74) is 0.518. The Hall–Kier alpha value is 0.310. The normalized spacial score (nSPS) is 12.0. The summed E-state index contributed by atoms with van der Waals surface area (Å²) >= 11 is 1.95. The van der Waals surface area contributed by atoms with Gasteiger partial charge in [0, 0.05) is 0 Å². The lowest BCUT2D eigenvalue weighted by Gasteiger charge is -2.24. The Bertz CT molecular complexity index is 113. The average molecular weight is 203 g/mol. The minimum Gasteiger partial charge on any atom is -0.317 e. The van der Waals surface area contributed by atoms with Gasteiger partial charge in [-0.15, -0.1) is 0 Å². The molecule has 0 radical (unpaired) electrons. The summed E-state index contributed by atoms with van der Waals surface area (Å²) in [5, 5.41) is 3.46. The summed E-state index contributed by atoms with van der Waals surface area (Å²) in [6.07, 6.45) is 6.06. The maximum absolute atomic E-state index is 3.46. The first-order chi connectivity index (χ1) is 6.12. The second kappa shape index (κ2) is 7.69. The Morgan fingerprint density at radius 3 is 2.38 bits per heavy atom. The molecule has 1 nitrogen and oxygen atoms in total. The molecule has 0 saturated carbocycles. The Kier molecular flexibility index (Phi) is 7.87. The van der Waals surface area contributed by atoms with E-state index in [-0.39, 0.29) is 0 Å². The van der Waals surface area contributed by atoms with Gasteiger partial charge in [0.15, 0.2) is 0 Å². The molecule has 0 atom stereocenters. The van der Waals surface area contributed by atoms with Crippen molar-refractivity contribution in [3.8, 4) is 0 Å². The van der Waals surface area contributed by atoms with Gasteiger partial charge >= 0.3 is 0 Å². The van der Waals surface area contributed by atoms with Gasteiger partial charge in [-0.2, -0.15) is 11.8 Å². The van der Waals surface area contributed by atoms with E-state index in [1.165, 1.54) is 38.1 Å². The van der Waals surface area contributed by atoms with Gasteiger partial charge in [0.25, 0.3) is 0 Å². The van der Waals surface area contributed by atoms with Crippen molar-refractivity contribution in [1.82, 2.24) is 5.32 Å². The van der Waals surface area contributed by atoms with Crippen molar-refractivity contribution in [2.24, 2.45) is 5.41 Å². The molecule has 80 valence electrons. The Morgan fingerprint density at radius 1 is 1.15 bits per heavy atom. The molecule has 0 amide bonds. The lowest BCUT2D eigenvalue weighted by atomic mass is 9.86. The van der Waals surface area contributed by atoms with Gasteiger partial charge in [-0.05, 0) is 49.8 Å². The van der Waals surface area contributed by atoms with Gasteiger partial charge < -0.3 is 5.32 Å². The molecule has 0 aliphatic rings.